The van der Waals surface area contributed by atoms with E-state index in [1.807, 2.05) is 48.5 Å². The first-order chi connectivity index (χ1) is 10.2. The maximum atomic E-state index is 11.9. The Morgan fingerprint density at radius 2 is 1.62 bits per heavy atom. The molecule has 0 N–H and O–H groups in total. The van der Waals surface area contributed by atoms with E-state index in [2.05, 4.69) is 31.9 Å². The van der Waals surface area contributed by atoms with Crippen molar-refractivity contribution >= 4 is 43.7 Å². The van der Waals surface area contributed by atoms with E-state index < -0.39 is 0 Å². The normalized spacial score (nSPS) is 10.4. The summed E-state index contributed by atoms with van der Waals surface area (Å²) in [5.74, 6) is 0.580. The largest absolute Gasteiger partial charge is 0.464 e. The molecule has 21 heavy (non-hydrogen) atoms. The molecule has 0 amide bonds. The first-order valence-corrected chi connectivity index (χ1v) is 7.80. The molecule has 2 aromatic carbocycles. The van der Waals surface area contributed by atoms with Crippen LogP contribution in [0.2, 0.25) is 0 Å². The molecule has 0 unspecified atom stereocenters. The van der Waals surface area contributed by atoms with E-state index in [9.17, 15) is 4.79 Å². The Morgan fingerprint density at radius 3 is 2.33 bits per heavy atom. The molecule has 0 fully saturated rings. The average molecular weight is 408 g/mol. The number of ether oxygens (including phenoxy) is 1. The molecule has 0 spiro atoms. The molecule has 0 saturated carbocycles. The van der Waals surface area contributed by atoms with E-state index >= 15 is 0 Å². The van der Waals surface area contributed by atoms with Gasteiger partial charge in [0, 0.05) is 17.2 Å². The molecule has 0 bridgehead atoms. The second-order valence-electron chi connectivity index (χ2n) is 4.12. The van der Waals surface area contributed by atoms with Crippen LogP contribution in [0.25, 0.3) is 6.08 Å². The number of rotatable bonds is 5. The molecule has 0 aliphatic carbocycles. The lowest BCUT2D eigenvalue weighted by Gasteiger charge is -2.04. The van der Waals surface area contributed by atoms with E-state index in [4.69, 9.17) is 4.74 Å². The monoisotopic (exact) mass is 406 g/mol. The molecule has 0 aliphatic heterocycles. The van der Waals surface area contributed by atoms with E-state index in [1.54, 1.807) is 12.1 Å². The van der Waals surface area contributed by atoms with Crippen molar-refractivity contribution in [3.63, 3.8) is 0 Å². The molecular weight excluding hydrogens is 396 g/mol. The molecule has 106 valence electrons. The molecule has 4 heteroatoms. The maximum absolute atomic E-state index is 11.9. The minimum absolute atomic E-state index is 0.0923. The first-order valence-electron chi connectivity index (χ1n) is 6.21. The van der Waals surface area contributed by atoms with Gasteiger partial charge in [-0.15, -0.1) is 0 Å². The lowest BCUT2D eigenvalue weighted by atomic mass is 10.1. The predicted molar refractivity (Wildman–Crippen MR) is 92.8 cm³/mol. The molecule has 0 aromatic heterocycles. The van der Waals surface area contributed by atoms with Crippen molar-refractivity contribution in [2.45, 2.75) is 0 Å². The van der Waals surface area contributed by atoms with E-state index in [-0.39, 0.29) is 5.78 Å². The van der Waals surface area contributed by atoms with Crippen LogP contribution in [0.1, 0.15) is 15.9 Å². The summed E-state index contributed by atoms with van der Waals surface area (Å²) in [6.07, 6.45) is 4.70. The molecule has 0 atom stereocenters. The molecule has 0 aliphatic rings. The summed E-state index contributed by atoms with van der Waals surface area (Å²) >= 11 is 6.63. The SMILES string of the molecule is O=C(/C=C/Oc1ccccc1C=C(Br)Br)c1ccccc1. The zero-order valence-electron chi connectivity index (χ0n) is 11.0. The molecular formula is C17H12Br2O2. The molecule has 2 nitrogen and oxygen atoms in total. The summed E-state index contributed by atoms with van der Waals surface area (Å²) in [6.45, 7) is 0. The second kappa shape index (κ2) is 7.96. The Bertz CT molecular complexity index is 672. The Hall–Kier alpha value is -1.65. The fourth-order valence-electron chi connectivity index (χ4n) is 1.69. The third-order valence-electron chi connectivity index (χ3n) is 2.66. The highest BCUT2D eigenvalue weighted by Gasteiger charge is 2.02. The highest BCUT2D eigenvalue weighted by Crippen LogP contribution is 2.25. The predicted octanol–water partition coefficient (Wildman–Crippen LogP) is 5.55. The number of ketones is 1. The third kappa shape index (κ3) is 4.99. The molecule has 2 aromatic rings. The Labute approximate surface area is 140 Å². The molecule has 0 radical (unpaired) electrons. The van der Waals surface area contributed by atoms with Crippen LogP contribution in [0.15, 0.2) is 70.3 Å². The summed E-state index contributed by atoms with van der Waals surface area (Å²) < 4.78 is 6.36. The minimum Gasteiger partial charge on any atom is -0.464 e. The van der Waals surface area contributed by atoms with Gasteiger partial charge in [-0.3, -0.25) is 4.79 Å². The van der Waals surface area contributed by atoms with E-state index in [0.717, 1.165) is 8.96 Å². The van der Waals surface area contributed by atoms with Crippen molar-refractivity contribution in [3.8, 4) is 5.75 Å². The van der Waals surface area contributed by atoms with Gasteiger partial charge in [0.15, 0.2) is 5.78 Å². The summed E-state index contributed by atoms with van der Waals surface area (Å²) in [7, 11) is 0. The second-order valence-corrected chi connectivity index (χ2v) is 6.90. The lowest BCUT2D eigenvalue weighted by molar-refractivity contribution is 0.104. The van der Waals surface area contributed by atoms with Gasteiger partial charge >= 0.3 is 0 Å². The van der Waals surface area contributed by atoms with Crippen LogP contribution in [0.4, 0.5) is 0 Å². The Morgan fingerprint density at radius 1 is 0.952 bits per heavy atom. The van der Waals surface area contributed by atoms with Crippen LogP contribution in [0.5, 0.6) is 5.75 Å². The summed E-state index contributed by atoms with van der Waals surface area (Å²) in [4.78, 5) is 11.9. The van der Waals surface area contributed by atoms with Gasteiger partial charge in [-0.1, -0.05) is 48.5 Å². The number of benzene rings is 2. The molecule has 0 saturated heterocycles. The maximum Gasteiger partial charge on any atom is 0.188 e. The minimum atomic E-state index is -0.0923. The van der Waals surface area contributed by atoms with Crippen LogP contribution >= 0.6 is 31.9 Å². The summed E-state index contributed by atoms with van der Waals surface area (Å²) in [5.41, 5.74) is 1.53. The number of hydrogen-bond donors (Lipinski definition) is 0. The lowest BCUT2D eigenvalue weighted by Crippen LogP contribution is -1.95. The number of carbonyl (C=O) groups is 1. The highest BCUT2D eigenvalue weighted by atomic mass is 79.9. The first kappa shape index (κ1) is 15.7. The van der Waals surface area contributed by atoms with Crippen LogP contribution in [0.3, 0.4) is 0 Å². The summed E-state index contributed by atoms with van der Waals surface area (Å²) in [5, 5.41) is 0. The smallest absolute Gasteiger partial charge is 0.188 e. The zero-order valence-corrected chi connectivity index (χ0v) is 14.2. The quantitative estimate of drug-likeness (QED) is 0.369. The number of halogens is 2. The van der Waals surface area contributed by atoms with Gasteiger partial charge in [0.2, 0.25) is 0 Å². The van der Waals surface area contributed by atoms with Gasteiger partial charge in [0.1, 0.15) is 5.75 Å². The number of hydrogen-bond acceptors (Lipinski definition) is 2. The van der Waals surface area contributed by atoms with Gasteiger partial charge in [-0.2, -0.15) is 0 Å². The van der Waals surface area contributed by atoms with Crippen LogP contribution < -0.4 is 4.74 Å². The van der Waals surface area contributed by atoms with Crippen molar-refractivity contribution in [1.82, 2.24) is 0 Å². The Kier molecular flexibility index (Phi) is 5.96. The van der Waals surface area contributed by atoms with Gasteiger partial charge in [0.05, 0.1) is 9.65 Å². The molecule has 0 heterocycles. The Balaban J connectivity index is 2.08. The van der Waals surface area contributed by atoms with Gasteiger partial charge in [0.25, 0.3) is 0 Å². The van der Waals surface area contributed by atoms with E-state index in [0.29, 0.717) is 11.3 Å². The molecule has 2 rings (SSSR count). The van der Waals surface area contributed by atoms with Crippen LogP contribution in [-0.4, -0.2) is 5.78 Å². The van der Waals surface area contributed by atoms with Crippen molar-refractivity contribution in [2.75, 3.05) is 0 Å². The van der Waals surface area contributed by atoms with Gasteiger partial charge in [-0.05, 0) is 44.0 Å². The van der Waals surface area contributed by atoms with Crippen molar-refractivity contribution in [1.29, 1.82) is 0 Å². The standard InChI is InChI=1S/C17H12Br2O2/c18-17(19)12-14-8-4-5-9-16(14)21-11-10-15(20)13-6-2-1-3-7-13/h1-12H/b11-10+. The fourth-order valence-corrected chi connectivity index (χ4v) is 2.19. The average Bonchev–Trinajstić information content (AvgIpc) is 2.49. The van der Waals surface area contributed by atoms with Crippen molar-refractivity contribution in [3.05, 3.63) is 81.5 Å². The topological polar surface area (TPSA) is 26.3 Å². The summed E-state index contributed by atoms with van der Waals surface area (Å²) in [6, 6.07) is 16.6. The number of allylic oxidation sites excluding steroid dienone is 1. The van der Waals surface area contributed by atoms with Crippen LogP contribution in [-0.2, 0) is 0 Å². The van der Waals surface area contributed by atoms with Gasteiger partial charge in [-0.25, -0.2) is 0 Å². The van der Waals surface area contributed by atoms with Gasteiger partial charge < -0.3 is 4.74 Å². The van der Waals surface area contributed by atoms with Crippen molar-refractivity contribution < 1.29 is 9.53 Å². The fraction of sp³-hybridized carbons (Fsp3) is 0. The van der Waals surface area contributed by atoms with Crippen molar-refractivity contribution in [2.24, 2.45) is 0 Å². The third-order valence-corrected chi connectivity index (χ3v) is 3.11. The van der Waals surface area contributed by atoms with E-state index in [1.165, 1.54) is 12.3 Å². The van der Waals surface area contributed by atoms with Crippen LogP contribution in [0, 0.1) is 0 Å². The number of para-hydroxylation sites is 1. The number of carbonyl (C=O) groups excluding carboxylic acids is 1. The zero-order chi connectivity index (χ0) is 15.1. The highest BCUT2D eigenvalue weighted by molar-refractivity contribution is 9.28.